The Morgan fingerprint density at radius 2 is 1.89 bits per heavy atom. The van der Waals surface area contributed by atoms with Gasteiger partial charge in [0.25, 0.3) is 5.91 Å². The van der Waals surface area contributed by atoms with Gasteiger partial charge in [0, 0.05) is 12.1 Å². The third kappa shape index (κ3) is 6.83. The molecule has 1 N–H and O–H groups in total. The SMILES string of the molecule is COc1ccc(NC(=O)[C@@H](C)OC(=O)CCCOc2ccccc2)cc1Cl. The molecule has 0 radical (unpaired) electrons. The van der Waals surface area contributed by atoms with Crippen LogP contribution in [0.1, 0.15) is 19.8 Å². The summed E-state index contributed by atoms with van der Waals surface area (Å²) in [6, 6.07) is 14.2. The van der Waals surface area contributed by atoms with Crippen LogP contribution in [0.25, 0.3) is 0 Å². The number of carbonyl (C=O) groups excluding carboxylic acids is 2. The first-order valence-corrected chi connectivity index (χ1v) is 8.89. The molecular weight excluding hydrogens is 370 g/mol. The second-order valence-corrected chi connectivity index (χ2v) is 6.14. The third-order valence-electron chi connectivity index (χ3n) is 3.63. The zero-order valence-electron chi connectivity index (χ0n) is 15.2. The lowest BCUT2D eigenvalue weighted by molar-refractivity contribution is -0.153. The molecule has 1 amide bonds. The van der Waals surface area contributed by atoms with Crippen molar-refractivity contribution in [3.05, 3.63) is 53.6 Å². The van der Waals surface area contributed by atoms with Gasteiger partial charge in [0.1, 0.15) is 11.5 Å². The molecule has 0 aliphatic carbocycles. The Kier molecular flexibility index (Phi) is 7.95. The summed E-state index contributed by atoms with van der Waals surface area (Å²) in [5.41, 5.74) is 0.491. The number of hydrogen-bond acceptors (Lipinski definition) is 5. The minimum atomic E-state index is -0.923. The molecular formula is C20H22ClNO5. The Morgan fingerprint density at radius 1 is 1.15 bits per heavy atom. The van der Waals surface area contributed by atoms with Gasteiger partial charge in [-0.25, -0.2) is 0 Å². The van der Waals surface area contributed by atoms with Crippen molar-refractivity contribution < 1.29 is 23.8 Å². The molecule has 0 aliphatic rings. The molecule has 0 heterocycles. The van der Waals surface area contributed by atoms with Gasteiger partial charge in [-0.15, -0.1) is 0 Å². The van der Waals surface area contributed by atoms with Crippen LogP contribution in [-0.4, -0.2) is 31.7 Å². The molecule has 27 heavy (non-hydrogen) atoms. The van der Waals surface area contributed by atoms with Crippen molar-refractivity contribution >= 4 is 29.2 Å². The Hall–Kier alpha value is -2.73. The van der Waals surface area contributed by atoms with E-state index in [9.17, 15) is 9.59 Å². The quantitative estimate of drug-likeness (QED) is 0.515. The molecule has 0 spiro atoms. The van der Waals surface area contributed by atoms with Gasteiger partial charge in [0.2, 0.25) is 0 Å². The van der Waals surface area contributed by atoms with E-state index >= 15 is 0 Å². The van der Waals surface area contributed by atoms with Gasteiger partial charge < -0.3 is 19.5 Å². The van der Waals surface area contributed by atoms with Crippen molar-refractivity contribution in [2.24, 2.45) is 0 Å². The fourth-order valence-electron chi connectivity index (χ4n) is 2.22. The molecule has 0 aliphatic heterocycles. The van der Waals surface area contributed by atoms with E-state index in [1.54, 1.807) is 18.2 Å². The van der Waals surface area contributed by atoms with Gasteiger partial charge in [0.05, 0.1) is 18.7 Å². The molecule has 0 fully saturated rings. The number of benzene rings is 2. The number of carbonyl (C=O) groups is 2. The van der Waals surface area contributed by atoms with Crippen molar-refractivity contribution in [2.45, 2.75) is 25.9 Å². The first-order valence-electron chi connectivity index (χ1n) is 8.51. The third-order valence-corrected chi connectivity index (χ3v) is 3.93. The molecule has 0 aromatic heterocycles. The molecule has 6 nitrogen and oxygen atoms in total. The lowest BCUT2D eigenvalue weighted by Crippen LogP contribution is -2.30. The first kappa shape index (κ1) is 20.6. The number of methoxy groups -OCH3 is 1. The predicted molar refractivity (Wildman–Crippen MR) is 103 cm³/mol. The van der Waals surface area contributed by atoms with Gasteiger partial charge in [0.15, 0.2) is 6.10 Å². The number of para-hydroxylation sites is 1. The van der Waals surface area contributed by atoms with Crippen molar-refractivity contribution in [1.82, 2.24) is 0 Å². The van der Waals surface area contributed by atoms with E-state index in [4.69, 9.17) is 25.8 Å². The van der Waals surface area contributed by atoms with Crippen LogP contribution < -0.4 is 14.8 Å². The molecule has 2 aromatic carbocycles. The van der Waals surface area contributed by atoms with Crippen molar-refractivity contribution in [1.29, 1.82) is 0 Å². The minimum absolute atomic E-state index is 0.165. The molecule has 7 heteroatoms. The normalized spacial score (nSPS) is 11.4. The molecule has 0 saturated heterocycles. The van der Waals surface area contributed by atoms with Crippen molar-refractivity contribution in [3.63, 3.8) is 0 Å². The maximum absolute atomic E-state index is 12.1. The summed E-state index contributed by atoms with van der Waals surface area (Å²) in [4.78, 5) is 24.0. The predicted octanol–water partition coefficient (Wildman–Crippen LogP) is 4.08. The molecule has 0 unspecified atom stereocenters. The highest BCUT2D eigenvalue weighted by molar-refractivity contribution is 6.32. The summed E-state index contributed by atoms with van der Waals surface area (Å²) in [7, 11) is 1.51. The summed E-state index contributed by atoms with van der Waals surface area (Å²) in [6.45, 7) is 1.91. The van der Waals surface area contributed by atoms with Gasteiger partial charge in [-0.1, -0.05) is 29.8 Å². The van der Waals surface area contributed by atoms with Crippen LogP contribution in [-0.2, 0) is 14.3 Å². The van der Waals surface area contributed by atoms with Crippen LogP contribution in [0.15, 0.2) is 48.5 Å². The van der Waals surface area contributed by atoms with Crippen molar-refractivity contribution in [3.8, 4) is 11.5 Å². The van der Waals surface area contributed by atoms with E-state index < -0.39 is 18.0 Å². The van der Waals surface area contributed by atoms with Crippen LogP contribution in [0, 0.1) is 0 Å². The number of halogens is 1. The van der Waals surface area contributed by atoms with Crippen LogP contribution in [0.4, 0.5) is 5.69 Å². The largest absolute Gasteiger partial charge is 0.495 e. The summed E-state index contributed by atoms with van der Waals surface area (Å²) in [5, 5.41) is 3.02. The van der Waals surface area contributed by atoms with E-state index in [1.807, 2.05) is 30.3 Å². The maximum Gasteiger partial charge on any atom is 0.306 e. The highest BCUT2D eigenvalue weighted by Crippen LogP contribution is 2.27. The fraction of sp³-hybridized carbons (Fsp3) is 0.300. The summed E-state index contributed by atoms with van der Waals surface area (Å²) in [6.07, 6.45) is -0.261. The Balaban J connectivity index is 1.71. The van der Waals surface area contributed by atoms with Gasteiger partial charge >= 0.3 is 5.97 Å². The second kappa shape index (κ2) is 10.4. The van der Waals surface area contributed by atoms with Crippen LogP contribution in [0.2, 0.25) is 5.02 Å². The maximum atomic E-state index is 12.1. The molecule has 2 rings (SSSR count). The summed E-state index contributed by atoms with van der Waals surface area (Å²) < 4.78 is 15.7. The van der Waals surface area contributed by atoms with E-state index in [1.165, 1.54) is 14.0 Å². The first-order chi connectivity index (χ1) is 13.0. The molecule has 1 atom stereocenters. The van der Waals surface area contributed by atoms with Gasteiger partial charge in [-0.3, -0.25) is 9.59 Å². The molecule has 2 aromatic rings. The van der Waals surface area contributed by atoms with Crippen molar-refractivity contribution in [2.75, 3.05) is 19.0 Å². The smallest absolute Gasteiger partial charge is 0.306 e. The van der Waals surface area contributed by atoms with Gasteiger partial charge in [-0.05, 0) is 43.7 Å². The average molecular weight is 392 g/mol. The fourth-order valence-corrected chi connectivity index (χ4v) is 2.48. The summed E-state index contributed by atoms with van der Waals surface area (Å²) >= 11 is 6.02. The molecule has 0 saturated carbocycles. The van der Waals surface area contributed by atoms with Crippen LogP contribution in [0.5, 0.6) is 11.5 Å². The van der Waals surface area contributed by atoms with E-state index in [0.717, 1.165) is 5.75 Å². The highest BCUT2D eigenvalue weighted by Gasteiger charge is 2.18. The Bertz CT molecular complexity index is 766. The lowest BCUT2D eigenvalue weighted by atomic mass is 10.2. The van der Waals surface area contributed by atoms with Crippen LogP contribution >= 0.6 is 11.6 Å². The zero-order chi connectivity index (χ0) is 19.6. The number of esters is 1. The number of hydrogen-bond donors (Lipinski definition) is 1. The topological polar surface area (TPSA) is 73.9 Å². The summed E-state index contributed by atoms with van der Waals surface area (Å²) in [5.74, 6) is 0.357. The second-order valence-electron chi connectivity index (χ2n) is 5.74. The van der Waals surface area contributed by atoms with E-state index in [0.29, 0.717) is 29.5 Å². The molecule has 144 valence electrons. The Labute approximate surface area is 163 Å². The number of ether oxygens (including phenoxy) is 3. The van der Waals surface area contributed by atoms with E-state index in [2.05, 4.69) is 5.32 Å². The number of amides is 1. The number of anilines is 1. The highest BCUT2D eigenvalue weighted by atomic mass is 35.5. The standard InChI is InChI=1S/C20H22ClNO5/c1-14(20(24)22-15-10-11-18(25-2)17(21)13-15)27-19(23)9-6-12-26-16-7-4-3-5-8-16/h3-5,7-8,10-11,13-14H,6,9,12H2,1-2H3,(H,22,24)/t14-/m1/s1. The number of nitrogens with one attached hydrogen (secondary N) is 1. The lowest BCUT2D eigenvalue weighted by Gasteiger charge is -2.14. The molecule has 0 bridgehead atoms. The van der Waals surface area contributed by atoms with Gasteiger partial charge in [-0.2, -0.15) is 0 Å². The number of rotatable bonds is 9. The monoisotopic (exact) mass is 391 g/mol. The van der Waals surface area contributed by atoms with Crippen LogP contribution in [0.3, 0.4) is 0 Å². The van der Waals surface area contributed by atoms with E-state index in [-0.39, 0.29) is 6.42 Å². The minimum Gasteiger partial charge on any atom is -0.495 e. The Morgan fingerprint density at radius 3 is 2.56 bits per heavy atom. The average Bonchev–Trinajstić information content (AvgIpc) is 2.66. The zero-order valence-corrected chi connectivity index (χ0v) is 16.0.